The molecule has 1 aliphatic heterocycles. The molecule has 1 amide bonds. The molecule has 6 N–H and O–H groups in total. The average molecular weight is 870 g/mol. The first-order valence-corrected chi connectivity index (χ1v) is 26.7. The maximum atomic E-state index is 13.0. The van der Waals surface area contributed by atoms with E-state index in [-0.39, 0.29) is 12.5 Å². The van der Waals surface area contributed by atoms with Crippen molar-refractivity contribution in [2.75, 3.05) is 13.2 Å². The van der Waals surface area contributed by atoms with Gasteiger partial charge in [0.05, 0.1) is 25.4 Å². The van der Waals surface area contributed by atoms with E-state index < -0.39 is 49.5 Å². The van der Waals surface area contributed by atoms with Gasteiger partial charge >= 0.3 is 0 Å². The van der Waals surface area contributed by atoms with Crippen molar-refractivity contribution >= 4 is 5.91 Å². The van der Waals surface area contributed by atoms with Crippen LogP contribution in [0.15, 0.2) is 0 Å². The molecule has 1 rings (SSSR count). The molecule has 0 aromatic heterocycles. The number of amides is 1. The van der Waals surface area contributed by atoms with E-state index in [0.717, 1.165) is 38.5 Å². The van der Waals surface area contributed by atoms with E-state index >= 15 is 0 Å². The van der Waals surface area contributed by atoms with E-state index in [1.807, 2.05) is 0 Å². The smallest absolute Gasteiger partial charge is 0.220 e. The van der Waals surface area contributed by atoms with Crippen molar-refractivity contribution < 1.29 is 39.8 Å². The number of carbonyl (C=O) groups excluding carboxylic acids is 1. The number of hydrogen-bond acceptors (Lipinski definition) is 8. The monoisotopic (exact) mass is 870 g/mol. The summed E-state index contributed by atoms with van der Waals surface area (Å²) in [7, 11) is 0. The molecule has 9 heteroatoms. The number of aliphatic hydroxyl groups excluding tert-OH is 5. The van der Waals surface area contributed by atoms with Crippen molar-refractivity contribution in [2.45, 2.75) is 314 Å². The molecule has 1 heterocycles. The highest BCUT2D eigenvalue weighted by Gasteiger charge is 2.44. The van der Waals surface area contributed by atoms with Crippen molar-refractivity contribution in [1.82, 2.24) is 5.32 Å². The Bertz CT molecular complexity index is 924. The molecule has 0 aromatic rings. The Morgan fingerprint density at radius 2 is 0.820 bits per heavy atom. The molecule has 1 saturated heterocycles. The molecule has 7 atom stereocenters. The second kappa shape index (κ2) is 43.1. The molecule has 0 aliphatic carbocycles. The molecule has 0 bridgehead atoms. The number of aliphatic hydroxyl groups is 5. The van der Waals surface area contributed by atoms with Crippen molar-refractivity contribution in [2.24, 2.45) is 0 Å². The van der Waals surface area contributed by atoms with Gasteiger partial charge in [-0.1, -0.05) is 251 Å². The third-order valence-electron chi connectivity index (χ3n) is 13.2. The van der Waals surface area contributed by atoms with Crippen molar-refractivity contribution in [3.8, 4) is 0 Å². The van der Waals surface area contributed by atoms with Crippen LogP contribution in [0.4, 0.5) is 0 Å². The zero-order chi connectivity index (χ0) is 44.4. The lowest BCUT2D eigenvalue weighted by Crippen LogP contribution is -2.60. The Kier molecular flexibility index (Phi) is 41.1. The van der Waals surface area contributed by atoms with Crippen molar-refractivity contribution in [3.63, 3.8) is 0 Å². The third-order valence-corrected chi connectivity index (χ3v) is 13.2. The van der Waals surface area contributed by atoms with Gasteiger partial charge in [-0.25, -0.2) is 0 Å². The average Bonchev–Trinajstić information content (AvgIpc) is 3.26. The maximum absolute atomic E-state index is 13.0. The van der Waals surface area contributed by atoms with E-state index in [1.54, 1.807) is 0 Å². The molecular weight excluding hydrogens is 767 g/mol. The minimum Gasteiger partial charge on any atom is -0.394 e. The van der Waals surface area contributed by atoms with Gasteiger partial charge in [-0.05, 0) is 12.8 Å². The molecule has 0 radical (unpaired) electrons. The standard InChI is InChI=1S/C52H103NO8/c1-3-5-7-9-11-13-15-16-17-18-19-20-21-22-23-24-25-26-27-28-29-30-32-33-35-37-39-41-46(55)45(44-60-52-51(59)50(58)49(57)47(43-54)61-52)53-48(56)42-40-38-36-34-31-14-12-10-8-6-4-2/h45-47,49-52,54-55,57-59H,3-44H2,1-2H3,(H,53,56). The third kappa shape index (κ3) is 33.3. The van der Waals surface area contributed by atoms with Gasteiger partial charge in [-0.3, -0.25) is 4.79 Å². The summed E-state index contributed by atoms with van der Waals surface area (Å²) < 4.78 is 11.3. The predicted octanol–water partition coefficient (Wildman–Crippen LogP) is 12.3. The van der Waals surface area contributed by atoms with Crippen molar-refractivity contribution in [3.05, 3.63) is 0 Å². The Labute approximate surface area is 376 Å². The van der Waals surface area contributed by atoms with Crippen LogP contribution in [0.5, 0.6) is 0 Å². The van der Waals surface area contributed by atoms with Crippen LogP contribution in [0, 0.1) is 0 Å². The molecule has 0 saturated carbocycles. The molecule has 0 spiro atoms. The van der Waals surface area contributed by atoms with Crippen LogP contribution in [0.3, 0.4) is 0 Å². The van der Waals surface area contributed by atoms with E-state index in [2.05, 4.69) is 19.2 Å². The second-order valence-electron chi connectivity index (χ2n) is 19.0. The summed E-state index contributed by atoms with van der Waals surface area (Å²) in [6.45, 7) is 3.85. The molecular formula is C52H103NO8. The maximum Gasteiger partial charge on any atom is 0.220 e. The lowest BCUT2D eigenvalue weighted by Gasteiger charge is -2.40. The SMILES string of the molecule is CCCCCCCCCCCCCCCCCCCCCCCCCCCCCC(O)C(COC1OC(CO)C(O)C(O)C1O)NC(=O)CCCCCCCCCCCCC. The van der Waals surface area contributed by atoms with Crippen LogP contribution in [0.1, 0.15) is 271 Å². The Morgan fingerprint density at radius 1 is 0.492 bits per heavy atom. The summed E-state index contributed by atoms with van der Waals surface area (Å²) in [5.74, 6) is -0.141. The number of rotatable bonds is 46. The first kappa shape index (κ1) is 58.2. The predicted molar refractivity (Wildman–Crippen MR) is 254 cm³/mol. The summed E-state index contributed by atoms with van der Waals surface area (Å²) in [5.41, 5.74) is 0. The number of unbranched alkanes of at least 4 members (excludes halogenated alkanes) is 36. The Hall–Kier alpha value is -0.810. The van der Waals surface area contributed by atoms with Gasteiger partial charge in [0.1, 0.15) is 24.4 Å². The van der Waals surface area contributed by atoms with Gasteiger partial charge in [-0.2, -0.15) is 0 Å². The molecule has 7 unspecified atom stereocenters. The number of ether oxygens (including phenoxy) is 2. The molecule has 1 aliphatic rings. The fraction of sp³-hybridized carbons (Fsp3) is 0.981. The molecule has 0 aromatic carbocycles. The quantitative estimate of drug-likeness (QED) is 0.0331. The van der Waals surface area contributed by atoms with E-state index in [0.29, 0.717) is 12.8 Å². The van der Waals surface area contributed by atoms with Gasteiger partial charge in [0.25, 0.3) is 0 Å². The Morgan fingerprint density at radius 3 is 1.16 bits per heavy atom. The number of nitrogens with one attached hydrogen (secondary N) is 1. The fourth-order valence-corrected chi connectivity index (χ4v) is 8.93. The molecule has 364 valence electrons. The summed E-state index contributed by atoms with van der Waals surface area (Å²) in [4.78, 5) is 13.0. The first-order chi connectivity index (χ1) is 29.8. The molecule has 1 fully saturated rings. The molecule has 61 heavy (non-hydrogen) atoms. The fourth-order valence-electron chi connectivity index (χ4n) is 8.93. The highest BCUT2D eigenvalue weighted by Crippen LogP contribution is 2.23. The highest BCUT2D eigenvalue weighted by molar-refractivity contribution is 5.76. The zero-order valence-electron chi connectivity index (χ0n) is 40.2. The topological polar surface area (TPSA) is 149 Å². The summed E-state index contributed by atoms with van der Waals surface area (Å²) >= 11 is 0. The van der Waals surface area contributed by atoms with Crippen LogP contribution >= 0.6 is 0 Å². The van der Waals surface area contributed by atoms with Crippen molar-refractivity contribution in [1.29, 1.82) is 0 Å². The minimum absolute atomic E-state index is 0.132. The van der Waals surface area contributed by atoms with Gasteiger partial charge in [0.2, 0.25) is 5.91 Å². The second-order valence-corrected chi connectivity index (χ2v) is 19.0. The summed E-state index contributed by atoms with van der Waals surface area (Å²) in [5, 5.41) is 54.5. The molecule has 9 nitrogen and oxygen atoms in total. The van der Waals surface area contributed by atoms with Crippen LogP contribution in [-0.2, 0) is 14.3 Å². The minimum atomic E-state index is -1.55. The Balaban J connectivity index is 2.15. The number of hydrogen-bond donors (Lipinski definition) is 6. The highest BCUT2D eigenvalue weighted by atomic mass is 16.7. The summed E-state index contributed by atoms with van der Waals surface area (Å²) in [6, 6.07) is -0.711. The van der Waals surface area contributed by atoms with Crippen LogP contribution < -0.4 is 5.32 Å². The van der Waals surface area contributed by atoms with Gasteiger partial charge in [-0.15, -0.1) is 0 Å². The lowest BCUT2D eigenvalue weighted by atomic mass is 9.99. The van der Waals surface area contributed by atoms with Crippen LogP contribution in [0.25, 0.3) is 0 Å². The van der Waals surface area contributed by atoms with Crippen LogP contribution in [-0.4, -0.2) is 87.5 Å². The first-order valence-electron chi connectivity index (χ1n) is 26.7. The van der Waals surface area contributed by atoms with E-state index in [9.17, 15) is 30.3 Å². The largest absolute Gasteiger partial charge is 0.394 e. The zero-order valence-corrected chi connectivity index (χ0v) is 40.2. The van der Waals surface area contributed by atoms with Gasteiger partial charge < -0.3 is 40.3 Å². The van der Waals surface area contributed by atoms with E-state index in [1.165, 1.54) is 205 Å². The summed E-state index contributed by atoms with van der Waals surface area (Å²) in [6.07, 6.45) is 42.8. The van der Waals surface area contributed by atoms with Crippen LogP contribution in [0.2, 0.25) is 0 Å². The normalized spacial score (nSPS) is 20.3. The number of carbonyl (C=O) groups is 1. The lowest BCUT2D eigenvalue weighted by molar-refractivity contribution is -0.302. The van der Waals surface area contributed by atoms with E-state index in [4.69, 9.17) is 9.47 Å². The van der Waals surface area contributed by atoms with Gasteiger partial charge in [0, 0.05) is 6.42 Å². The van der Waals surface area contributed by atoms with Gasteiger partial charge in [0.15, 0.2) is 6.29 Å².